The van der Waals surface area contributed by atoms with E-state index in [1.807, 2.05) is 28.8 Å². The van der Waals surface area contributed by atoms with Crippen LogP contribution in [0, 0.1) is 0 Å². The van der Waals surface area contributed by atoms with Crippen LogP contribution in [0.5, 0.6) is 0 Å². The maximum absolute atomic E-state index is 10.8. The molecule has 0 spiro atoms. The van der Waals surface area contributed by atoms with Crippen molar-refractivity contribution in [3.8, 4) is 0 Å². The maximum atomic E-state index is 10.8. The molecule has 3 aromatic heterocycles. The van der Waals surface area contributed by atoms with Crippen molar-refractivity contribution in [1.29, 1.82) is 0 Å². The third kappa shape index (κ3) is 1.13. The lowest BCUT2D eigenvalue weighted by molar-refractivity contribution is 0.0702. The summed E-state index contributed by atoms with van der Waals surface area (Å²) in [5, 5.41) is 8.85. The highest BCUT2D eigenvalue weighted by Crippen LogP contribution is 2.25. The quantitative estimate of drug-likeness (QED) is 0.681. The molecular weight excluding hydrogens is 212 g/mol. The lowest BCUT2D eigenvalue weighted by Gasteiger charge is -1.90. The topological polar surface area (TPSA) is 54.6 Å². The predicted molar refractivity (Wildman–Crippen MR) is 57.5 cm³/mol. The summed E-state index contributed by atoms with van der Waals surface area (Å²) in [6, 6.07) is 7.35. The highest BCUT2D eigenvalue weighted by molar-refractivity contribution is 7.20. The van der Waals surface area contributed by atoms with E-state index in [4.69, 9.17) is 5.11 Å². The molecule has 0 fully saturated rings. The fourth-order valence-electron chi connectivity index (χ4n) is 1.56. The molecule has 3 aromatic rings. The first-order chi connectivity index (χ1) is 7.25. The number of imidazole rings is 1. The van der Waals surface area contributed by atoms with Crippen LogP contribution in [0.4, 0.5) is 0 Å². The number of carboxylic acids is 1. The van der Waals surface area contributed by atoms with Crippen LogP contribution >= 0.6 is 11.3 Å². The van der Waals surface area contributed by atoms with Crippen molar-refractivity contribution >= 4 is 33.3 Å². The SMILES string of the molecule is O=C(O)c1cc2c(nc3ccccn32)s1. The number of pyridine rings is 1. The number of fused-ring (bicyclic) bond motifs is 3. The molecule has 74 valence electrons. The molecule has 0 bridgehead atoms. The summed E-state index contributed by atoms with van der Waals surface area (Å²) < 4.78 is 1.89. The van der Waals surface area contributed by atoms with Gasteiger partial charge in [0.05, 0.1) is 5.52 Å². The molecule has 15 heavy (non-hydrogen) atoms. The van der Waals surface area contributed by atoms with Gasteiger partial charge >= 0.3 is 5.97 Å². The van der Waals surface area contributed by atoms with E-state index >= 15 is 0 Å². The molecule has 0 saturated heterocycles. The van der Waals surface area contributed by atoms with Crippen molar-refractivity contribution in [1.82, 2.24) is 9.38 Å². The molecule has 0 radical (unpaired) electrons. The van der Waals surface area contributed by atoms with Crippen molar-refractivity contribution in [2.45, 2.75) is 0 Å². The Kier molecular flexibility index (Phi) is 1.58. The minimum atomic E-state index is -0.900. The third-order valence-electron chi connectivity index (χ3n) is 2.22. The fourth-order valence-corrected chi connectivity index (χ4v) is 2.43. The molecule has 4 nitrogen and oxygen atoms in total. The molecule has 0 aliphatic carbocycles. The predicted octanol–water partition coefficient (Wildman–Crippen LogP) is 2.25. The van der Waals surface area contributed by atoms with Crippen molar-refractivity contribution in [2.75, 3.05) is 0 Å². The number of thiophene rings is 1. The second-order valence-electron chi connectivity index (χ2n) is 3.15. The van der Waals surface area contributed by atoms with Crippen molar-refractivity contribution in [3.63, 3.8) is 0 Å². The Morgan fingerprint density at radius 1 is 1.47 bits per heavy atom. The molecule has 5 heteroatoms. The van der Waals surface area contributed by atoms with Gasteiger partial charge in [-0.3, -0.25) is 4.40 Å². The van der Waals surface area contributed by atoms with Gasteiger partial charge in [-0.1, -0.05) is 6.07 Å². The van der Waals surface area contributed by atoms with E-state index in [2.05, 4.69) is 4.98 Å². The van der Waals surface area contributed by atoms with Crippen LogP contribution in [-0.2, 0) is 0 Å². The number of carboxylic acid groups (broad SMARTS) is 1. The summed E-state index contributed by atoms with van der Waals surface area (Å²) in [6.45, 7) is 0. The van der Waals surface area contributed by atoms with Crippen LogP contribution in [0.3, 0.4) is 0 Å². The fraction of sp³-hybridized carbons (Fsp3) is 0. The van der Waals surface area contributed by atoms with Gasteiger partial charge < -0.3 is 5.11 Å². The van der Waals surface area contributed by atoms with Crippen LogP contribution in [-0.4, -0.2) is 20.5 Å². The van der Waals surface area contributed by atoms with Gasteiger partial charge in [-0.15, -0.1) is 11.3 Å². The summed E-state index contributed by atoms with van der Waals surface area (Å²) in [5.41, 5.74) is 1.70. The number of nitrogens with zero attached hydrogens (tertiary/aromatic N) is 2. The summed E-state index contributed by atoms with van der Waals surface area (Å²) in [6.07, 6.45) is 1.88. The zero-order valence-electron chi connectivity index (χ0n) is 7.54. The first-order valence-electron chi connectivity index (χ1n) is 4.35. The zero-order chi connectivity index (χ0) is 10.4. The Bertz CT molecular complexity index is 668. The lowest BCUT2D eigenvalue weighted by atomic mass is 10.4. The van der Waals surface area contributed by atoms with Crippen LogP contribution in [0.25, 0.3) is 16.0 Å². The highest BCUT2D eigenvalue weighted by Gasteiger charge is 2.12. The Hall–Kier alpha value is -1.88. The average molecular weight is 218 g/mol. The molecule has 0 unspecified atom stereocenters. The van der Waals surface area contributed by atoms with E-state index in [1.54, 1.807) is 6.07 Å². The lowest BCUT2D eigenvalue weighted by Crippen LogP contribution is -1.90. The summed E-state index contributed by atoms with van der Waals surface area (Å²) in [5.74, 6) is -0.900. The minimum Gasteiger partial charge on any atom is -0.477 e. The van der Waals surface area contributed by atoms with Gasteiger partial charge in [0.2, 0.25) is 0 Å². The van der Waals surface area contributed by atoms with Gasteiger partial charge in [-0.2, -0.15) is 0 Å². The van der Waals surface area contributed by atoms with Crippen LogP contribution in [0.2, 0.25) is 0 Å². The van der Waals surface area contributed by atoms with E-state index in [0.29, 0.717) is 4.88 Å². The Labute approximate surface area is 88.4 Å². The second-order valence-corrected chi connectivity index (χ2v) is 4.18. The Balaban J connectivity index is 2.42. The zero-order valence-corrected chi connectivity index (χ0v) is 8.36. The minimum absolute atomic E-state index is 0.325. The molecule has 0 atom stereocenters. The van der Waals surface area contributed by atoms with Crippen LogP contribution < -0.4 is 0 Å². The molecule has 0 amide bonds. The number of hydrogen-bond acceptors (Lipinski definition) is 3. The van der Waals surface area contributed by atoms with Crippen molar-refractivity contribution in [3.05, 3.63) is 35.3 Å². The molecule has 3 rings (SSSR count). The van der Waals surface area contributed by atoms with Gasteiger partial charge in [0.15, 0.2) is 0 Å². The Morgan fingerprint density at radius 3 is 3.13 bits per heavy atom. The number of hydrogen-bond donors (Lipinski definition) is 1. The normalized spacial score (nSPS) is 11.2. The van der Waals surface area contributed by atoms with Crippen LogP contribution in [0.15, 0.2) is 30.5 Å². The van der Waals surface area contributed by atoms with E-state index in [1.165, 1.54) is 11.3 Å². The van der Waals surface area contributed by atoms with E-state index < -0.39 is 5.97 Å². The van der Waals surface area contributed by atoms with Gasteiger partial charge in [0.25, 0.3) is 0 Å². The van der Waals surface area contributed by atoms with Gasteiger partial charge in [-0.25, -0.2) is 9.78 Å². The first kappa shape index (κ1) is 8.43. The standard InChI is InChI=1S/C10H6N2O2S/c13-10(14)7-5-6-9(15-7)11-8-3-1-2-4-12(6)8/h1-5H,(H,13,14). The highest BCUT2D eigenvalue weighted by atomic mass is 32.1. The van der Waals surface area contributed by atoms with Crippen molar-refractivity contribution in [2.24, 2.45) is 0 Å². The summed E-state index contributed by atoms with van der Waals surface area (Å²) in [4.78, 5) is 16.2. The second kappa shape index (κ2) is 2.80. The monoisotopic (exact) mass is 218 g/mol. The molecule has 1 N–H and O–H groups in total. The third-order valence-corrected chi connectivity index (χ3v) is 3.22. The molecule has 0 aliphatic rings. The van der Waals surface area contributed by atoms with E-state index in [0.717, 1.165) is 16.0 Å². The number of rotatable bonds is 1. The van der Waals surface area contributed by atoms with Gasteiger partial charge in [0.1, 0.15) is 15.4 Å². The number of carbonyl (C=O) groups is 1. The number of aromatic nitrogens is 2. The van der Waals surface area contributed by atoms with Gasteiger partial charge in [0, 0.05) is 6.20 Å². The molecular formula is C10H6N2O2S. The molecule has 0 saturated carbocycles. The summed E-state index contributed by atoms with van der Waals surface area (Å²) >= 11 is 1.20. The largest absolute Gasteiger partial charge is 0.477 e. The first-order valence-corrected chi connectivity index (χ1v) is 5.17. The average Bonchev–Trinajstić information content (AvgIpc) is 2.73. The van der Waals surface area contributed by atoms with Crippen molar-refractivity contribution < 1.29 is 9.90 Å². The molecule has 3 heterocycles. The molecule has 0 aromatic carbocycles. The molecule has 0 aliphatic heterocycles. The van der Waals surface area contributed by atoms with Gasteiger partial charge in [-0.05, 0) is 18.2 Å². The maximum Gasteiger partial charge on any atom is 0.346 e. The van der Waals surface area contributed by atoms with E-state index in [-0.39, 0.29) is 0 Å². The van der Waals surface area contributed by atoms with Crippen LogP contribution in [0.1, 0.15) is 9.67 Å². The Morgan fingerprint density at radius 2 is 2.33 bits per heavy atom. The van der Waals surface area contributed by atoms with E-state index in [9.17, 15) is 4.79 Å². The summed E-state index contributed by atoms with van der Waals surface area (Å²) in [7, 11) is 0. The number of aromatic carboxylic acids is 1. The smallest absolute Gasteiger partial charge is 0.346 e.